The van der Waals surface area contributed by atoms with Gasteiger partial charge in [0.2, 0.25) is 0 Å². The van der Waals surface area contributed by atoms with Crippen LogP contribution in [-0.2, 0) is 6.54 Å². The number of rotatable bonds is 3. The molecule has 0 fully saturated rings. The molecule has 6 heteroatoms. The van der Waals surface area contributed by atoms with E-state index in [4.69, 9.17) is 11.6 Å². The summed E-state index contributed by atoms with van der Waals surface area (Å²) in [5.74, 6) is -0.464. The maximum atomic E-state index is 13.2. The second-order valence-corrected chi connectivity index (χ2v) is 5.07. The minimum absolute atomic E-state index is 0.0648. The Balaban J connectivity index is 2.03. The first-order valence-corrected chi connectivity index (χ1v) is 6.60. The Morgan fingerprint density at radius 2 is 2.05 bits per heavy atom. The average Bonchev–Trinajstić information content (AvgIpc) is 2.86. The van der Waals surface area contributed by atoms with Crippen molar-refractivity contribution >= 4 is 28.2 Å². The van der Waals surface area contributed by atoms with Crippen molar-refractivity contribution in [3.8, 4) is 0 Å². The van der Waals surface area contributed by atoms with E-state index in [-0.39, 0.29) is 10.7 Å². The van der Waals surface area contributed by atoms with Crippen molar-refractivity contribution < 1.29 is 9.31 Å². The lowest BCUT2D eigenvalue weighted by Crippen LogP contribution is -1.98. The number of nitrogens with zero attached hydrogens (tertiary/aromatic N) is 2. The van der Waals surface area contributed by atoms with Crippen molar-refractivity contribution in [3.63, 3.8) is 0 Å². The second kappa shape index (κ2) is 5.18. The molecule has 0 aliphatic heterocycles. The first-order valence-electron chi connectivity index (χ1n) is 6.22. The normalized spacial score (nSPS) is 11.0. The fourth-order valence-corrected chi connectivity index (χ4v) is 2.54. The number of aromatic nitrogens is 1. The van der Waals surface area contributed by atoms with Gasteiger partial charge in [0.15, 0.2) is 0 Å². The van der Waals surface area contributed by atoms with E-state index in [0.717, 1.165) is 11.1 Å². The van der Waals surface area contributed by atoms with Crippen LogP contribution in [-0.4, -0.2) is 9.49 Å². The van der Waals surface area contributed by atoms with Crippen LogP contribution >= 0.6 is 11.6 Å². The molecule has 2 aromatic carbocycles. The molecule has 1 heterocycles. The summed E-state index contributed by atoms with van der Waals surface area (Å²) in [7, 11) is 0. The summed E-state index contributed by atoms with van der Waals surface area (Å²) in [5, 5.41) is 11.6. The van der Waals surface area contributed by atoms with Gasteiger partial charge in [0.25, 0.3) is 5.69 Å². The summed E-state index contributed by atoms with van der Waals surface area (Å²) in [6.45, 7) is 0.463. The molecule has 3 rings (SSSR count). The zero-order chi connectivity index (χ0) is 15.0. The number of hydrogen-bond acceptors (Lipinski definition) is 2. The number of nitro groups is 1. The maximum Gasteiger partial charge on any atom is 0.278 e. The van der Waals surface area contributed by atoms with Crippen LogP contribution in [0.15, 0.2) is 48.7 Å². The predicted octanol–water partition coefficient (Wildman–Crippen LogP) is 4.39. The van der Waals surface area contributed by atoms with Crippen LogP contribution in [0.25, 0.3) is 10.9 Å². The Hall–Kier alpha value is -2.40. The molecule has 3 aromatic rings. The molecule has 0 bridgehead atoms. The number of non-ortho nitro benzene ring substituents is 1. The number of benzene rings is 2. The van der Waals surface area contributed by atoms with Crippen molar-refractivity contribution in [1.82, 2.24) is 4.57 Å². The minimum Gasteiger partial charge on any atom is -0.343 e. The minimum atomic E-state index is -0.464. The summed E-state index contributed by atoms with van der Waals surface area (Å²) in [6.07, 6.45) is 1.77. The lowest BCUT2D eigenvalue weighted by molar-refractivity contribution is -0.383. The Kier molecular flexibility index (Phi) is 3.35. The standard InChI is InChI=1S/C15H10ClFN2O2/c16-12-8-10(4-5-13(12)17)9-18-7-6-11-14(18)2-1-3-15(11)19(20)21/h1-8H,9H2. The molecule has 0 radical (unpaired) electrons. The van der Waals surface area contributed by atoms with Crippen LogP contribution in [0.4, 0.5) is 10.1 Å². The molecule has 0 atom stereocenters. The molecule has 0 saturated carbocycles. The van der Waals surface area contributed by atoms with Gasteiger partial charge in [-0.1, -0.05) is 23.7 Å². The van der Waals surface area contributed by atoms with Crippen molar-refractivity contribution in [2.24, 2.45) is 0 Å². The molecule has 4 nitrogen and oxygen atoms in total. The molecule has 0 spiro atoms. The quantitative estimate of drug-likeness (QED) is 0.532. The Bertz CT molecular complexity index is 845. The van der Waals surface area contributed by atoms with Crippen molar-refractivity contribution in [2.75, 3.05) is 0 Å². The molecular formula is C15H10ClFN2O2. The van der Waals surface area contributed by atoms with Crippen LogP contribution in [0.1, 0.15) is 5.56 Å². The van der Waals surface area contributed by atoms with Gasteiger partial charge in [-0.25, -0.2) is 4.39 Å². The van der Waals surface area contributed by atoms with Crippen molar-refractivity contribution in [2.45, 2.75) is 6.54 Å². The van der Waals surface area contributed by atoms with Gasteiger partial charge in [-0.15, -0.1) is 0 Å². The molecule has 106 valence electrons. The van der Waals surface area contributed by atoms with E-state index in [0.29, 0.717) is 11.9 Å². The zero-order valence-corrected chi connectivity index (χ0v) is 11.5. The van der Waals surface area contributed by atoms with E-state index in [1.807, 2.05) is 10.6 Å². The lowest BCUT2D eigenvalue weighted by atomic mass is 10.2. The SMILES string of the molecule is O=[N+]([O-])c1cccc2c1ccn2Cc1ccc(F)c(Cl)c1. The molecule has 0 aliphatic rings. The summed E-state index contributed by atoms with van der Waals surface area (Å²) < 4.78 is 15.0. The molecule has 0 aliphatic carbocycles. The molecule has 21 heavy (non-hydrogen) atoms. The third-order valence-electron chi connectivity index (χ3n) is 3.32. The Morgan fingerprint density at radius 3 is 2.76 bits per heavy atom. The number of nitro benzene ring substituents is 1. The molecule has 0 N–H and O–H groups in total. The highest BCUT2D eigenvalue weighted by Gasteiger charge is 2.13. The Labute approximate surface area is 124 Å². The number of halogens is 2. The summed E-state index contributed by atoms with van der Waals surface area (Å²) in [5.41, 5.74) is 1.65. The molecule has 0 unspecified atom stereocenters. The smallest absolute Gasteiger partial charge is 0.278 e. The fourth-order valence-electron chi connectivity index (χ4n) is 2.34. The third kappa shape index (κ3) is 2.48. The Morgan fingerprint density at radius 1 is 1.24 bits per heavy atom. The highest BCUT2D eigenvalue weighted by molar-refractivity contribution is 6.30. The molecular weight excluding hydrogens is 295 g/mol. The van der Waals surface area contributed by atoms with Crippen LogP contribution in [0.2, 0.25) is 5.02 Å². The van der Waals surface area contributed by atoms with Gasteiger partial charge in [-0.05, 0) is 29.8 Å². The number of fused-ring (bicyclic) bond motifs is 1. The fraction of sp³-hybridized carbons (Fsp3) is 0.0667. The molecule has 1 aromatic heterocycles. The molecule has 0 amide bonds. The number of hydrogen-bond donors (Lipinski definition) is 0. The van der Waals surface area contributed by atoms with Gasteiger partial charge in [-0.2, -0.15) is 0 Å². The monoisotopic (exact) mass is 304 g/mol. The van der Waals surface area contributed by atoms with Crippen molar-refractivity contribution in [1.29, 1.82) is 0 Å². The van der Waals surface area contributed by atoms with Gasteiger partial charge in [-0.3, -0.25) is 10.1 Å². The first kappa shape index (κ1) is 13.6. The van der Waals surface area contributed by atoms with Crippen LogP contribution in [0.5, 0.6) is 0 Å². The van der Waals surface area contributed by atoms with Crippen molar-refractivity contribution in [3.05, 3.63) is 75.2 Å². The first-order chi connectivity index (χ1) is 10.1. The highest BCUT2D eigenvalue weighted by Crippen LogP contribution is 2.27. The lowest BCUT2D eigenvalue weighted by Gasteiger charge is -2.06. The van der Waals surface area contributed by atoms with E-state index < -0.39 is 10.7 Å². The largest absolute Gasteiger partial charge is 0.343 e. The van der Waals surface area contributed by atoms with Gasteiger partial charge in [0.05, 0.1) is 20.8 Å². The van der Waals surface area contributed by atoms with Gasteiger partial charge < -0.3 is 4.57 Å². The third-order valence-corrected chi connectivity index (χ3v) is 3.61. The maximum absolute atomic E-state index is 13.2. The summed E-state index contributed by atoms with van der Waals surface area (Å²) in [4.78, 5) is 10.6. The van der Waals surface area contributed by atoms with E-state index in [1.165, 1.54) is 12.1 Å². The zero-order valence-electron chi connectivity index (χ0n) is 10.8. The van der Waals surface area contributed by atoms with Crippen LogP contribution in [0.3, 0.4) is 0 Å². The van der Waals surface area contributed by atoms with Crippen LogP contribution in [0, 0.1) is 15.9 Å². The molecule has 0 saturated heterocycles. The van der Waals surface area contributed by atoms with Gasteiger partial charge >= 0.3 is 0 Å². The van der Waals surface area contributed by atoms with E-state index in [9.17, 15) is 14.5 Å². The van der Waals surface area contributed by atoms with E-state index in [1.54, 1.807) is 30.5 Å². The van der Waals surface area contributed by atoms with E-state index >= 15 is 0 Å². The summed E-state index contributed by atoms with van der Waals surface area (Å²) >= 11 is 5.77. The van der Waals surface area contributed by atoms with Gasteiger partial charge in [0.1, 0.15) is 5.82 Å². The topological polar surface area (TPSA) is 48.1 Å². The summed E-state index contributed by atoms with van der Waals surface area (Å²) in [6, 6.07) is 11.2. The second-order valence-electron chi connectivity index (χ2n) is 4.66. The average molecular weight is 305 g/mol. The highest BCUT2D eigenvalue weighted by atomic mass is 35.5. The predicted molar refractivity (Wildman–Crippen MR) is 79.1 cm³/mol. The van der Waals surface area contributed by atoms with Gasteiger partial charge in [0, 0.05) is 18.8 Å². The van der Waals surface area contributed by atoms with Crippen LogP contribution < -0.4 is 0 Å². The van der Waals surface area contributed by atoms with E-state index in [2.05, 4.69) is 0 Å².